The van der Waals surface area contributed by atoms with E-state index in [9.17, 15) is 19.2 Å². The van der Waals surface area contributed by atoms with Gasteiger partial charge in [-0.15, -0.1) is 0 Å². The van der Waals surface area contributed by atoms with E-state index < -0.39 is 5.92 Å². The number of urea groups is 1. The zero-order valence-electron chi connectivity index (χ0n) is 18.8. The lowest BCUT2D eigenvalue weighted by atomic mass is 9.76. The van der Waals surface area contributed by atoms with Gasteiger partial charge < -0.3 is 10.2 Å². The molecule has 1 heterocycles. The van der Waals surface area contributed by atoms with E-state index in [1.54, 1.807) is 11.9 Å². The van der Waals surface area contributed by atoms with Gasteiger partial charge in [0.2, 0.25) is 11.8 Å². The summed E-state index contributed by atoms with van der Waals surface area (Å²) in [5.74, 6) is -1.05. The molecule has 170 valence electrons. The fourth-order valence-electron chi connectivity index (χ4n) is 4.61. The number of hydrogen-bond acceptors (Lipinski definition) is 4. The van der Waals surface area contributed by atoms with Gasteiger partial charge in [-0.1, -0.05) is 35.9 Å². The average Bonchev–Trinajstić information content (AvgIpc) is 2.80. The Hall–Kier alpha value is -3.74. The molecule has 7 nitrogen and oxygen atoms in total. The van der Waals surface area contributed by atoms with E-state index >= 15 is 0 Å². The van der Waals surface area contributed by atoms with Crippen molar-refractivity contribution in [2.45, 2.75) is 39.2 Å². The first-order valence-corrected chi connectivity index (χ1v) is 11.1. The molecular formula is C26H27N3O4. The van der Waals surface area contributed by atoms with Crippen molar-refractivity contribution in [1.29, 1.82) is 0 Å². The SMILES string of the molecule is Cc1ccc(NC(=O)N(C)Cc2cccc3c2CCC(C2CCC(=O)NC2=O)=C3C=O)cc1. The molecule has 0 bridgehead atoms. The normalized spacial score (nSPS) is 17.8. The summed E-state index contributed by atoms with van der Waals surface area (Å²) in [4.78, 5) is 50.3. The van der Waals surface area contributed by atoms with Crippen LogP contribution in [0.2, 0.25) is 0 Å². The third-order valence-electron chi connectivity index (χ3n) is 6.39. The summed E-state index contributed by atoms with van der Waals surface area (Å²) >= 11 is 0. The minimum Gasteiger partial charge on any atom is -0.323 e. The molecule has 2 aliphatic rings. The van der Waals surface area contributed by atoms with Crippen molar-refractivity contribution in [3.05, 3.63) is 70.3 Å². The number of aldehydes is 1. The number of carbonyl (C=O) groups is 4. The van der Waals surface area contributed by atoms with Gasteiger partial charge in [0.05, 0.1) is 5.92 Å². The van der Waals surface area contributed by atoms with Crippen molar-refractivity contribution in [2.24, 2.45) is 5.92 Å². The molecule has 4 amide bonds. The van der Waals surface area contributed by atoms with Crippen LogP contribution in [0.5, 0.6) is 0 Å². The predicted molar refractivity (Wildman–Crippen MR) is 125 cm³/mol. The number of piperidine rings is 1. The number of fused-ring (bicyclic) bond motifs is 1. The first-order chi connectivity index (χ1) is 15.9. The van der Waals surface area contributed by atoms with Gasteiger partial charge in [0, 0.05) is 31.3 Å². The van der Waals surface area contributed by atoms with Gasteiger partial charge in [0.15, 0.2) is 6.29 Å². The molecule has 7 heteroatoms. The van der Waals surface area contributed by atoms with Gasteiger partial charge in [-0.2, -0.15) is 0 Å². The summed E-state index contributed by atoms with van der Waals surface area (Å²) in [7, 11) is 1.73. The number of carbonyl (C=O) groups excluding carboxylic acids is 4. The van der Waals surface area contributed by atoms with Crippen LogP contribution >= 0.6 is 0 Å². The number of anilines is 1. The van der Waals surface area contributed by atoms with Crippen LogP contribution in [-0.2, 0) is 27.3 Å². The van der Waals surface area contributed by atoms with Gasteiger partial charge in [-0.25, -0.2) is 4.79 Å². The van der Waals surface area contributed by atoms with E-state index in [0.717, 1.165) is 39.8 Å². The number of allylic oxidation sites excluding steroid dienone is 1. The van der Waals surface area contributed by atoms with Gasteiger partial charge in [-0.05, 0) is 60.6 Å². The molecule has 2 N–H and O–H groups in total. The zero-order chi connectivity index (χ0) is 23.5. The summed E-state index contributed by atoms with van der Waals surface area (Å²) in [5, 5.41) is 5.29. The summed E-state index contributed by atoms with van der Waals surface area (Å²) in [6, 6.07) is 13.1. The molecule has 1 aliphatic heterocycles. The van der Waals surface area contributed by atoms with Crippen molar-refractivity contribution in [2.75, 3.05) is 12.4 Å². The number of aryl methyl sites for hydroxylation is 1. The molecule has 1 aliphatic carbocycles. The number of nitrogens with zero attached hydrogens (tertiary/aromatic N) is 1. The van der Waals surface area contributed by atoms with Crippen molar-refractivity contribution in [3.8, 4) is 0 Å². The summed E-state index contributed by atoms with van der Waals surface area (Å²) in [5.41, 5.74) is 5.97. The Labute approximate surface area is 192 Å². The second kappa shape index (κ2) is 9.40. The standard InChI is InChI=1S/C26H27N3O4/c1-16-6-8-18(9-7-16)27-26(33)29(2)14-17-4-3-5-20-19(17)10-11-21(23(20)15-30)22-12-13-24(31)28-25(22)32/h3-9,15,22H,10-14H2,1-2H3,(H,27,33)(H,28,31,32). The number of nitrogens with one attached hydrogen (secondary N) is 2. The van der Waals surface area contributed by atoms with Crippen LogP contribution in [0.15, 0.2) is 48.0 Å². The fourth-order valence-corrected chi connectivity index (χ4v) is 4.61. The molecule has 2 aromatic carbocycles. The molecule has 1 atom stereocenters. The van der Waals surface area contributed by atoms with Crippen LogP contribution in [0, 0.1) is 12.8 Å². The van der Waals surface area contributed by atoms with E-state index in [2.05, 4.69) is 10.6 Å². The van der Waals surface area contributed by atoms with Crippen molar-refractivity contribution in [1.82, 2.24) is 10.2 Å². The highest BCUT2D eigenvalue weighted by Gasteiger charge is 2.33. The van der Waals surface area contributed by atoms with Gasteiger partial charge in [-0.3, -0.25) is 19.7 Å². The number of rotatable bonds is 5. The maximum atomic E-state index is 12.7. The minimum atomic E-state index is -0.456. The Kier molecular flexibility index (Phi) is 6.40. The van der Waals surface area contributed by atoms with Crippen LogP contribution in [0.4, 0.5) is 10.5 Å². The zero-order valence-corrected chi connectivity index (χ0v) is 18.8. The Balaban J connectivity index is 1.56. The summed E-state index contributed by atoms with van der Waals surface area (Å²) in [6.07, 6.45) is 2.76. The summed E-state index contributed by atoms with van der Waals surface area (Å²) < 4.78 is 0. The molecular weight excluding hydrogens is 418 g/mol. The second-order valence-electron chi connectivity index (χ2n) is 8.66. The van der Waals surface area contributed by atoms with E-state index in [-0.39, 0.29) is 24.3 Å². The number of amides is 4. The van der Waals surface area contributed by atoms with Gasteiger partial charge >= 0.3 is 6.03 Å². The third-order valence-corrected chi connectivity index (χ3v) is 6.39. The van der Waals surface area contributed by atoms with Gasteiger partial charge in [0.1, 0.15) is 0 Å². The van der Waals surface area contributed by atoms with Crippen LogP contribution in [0.3, 0.4) is 0 Å². The number of hydrogen-bond donors (Lipinski definition) is 2. The first-order valence-electron chi connectivity index (χ1n) is 11.1. The molecule has 0 spiro atoms. The topological polar surface area (TPSA) is 95.6 Å². The molecule has 0 radical (unpaired) electrons. The maximum absolute atomic E-state index is 12.7. The first kappa shape index (κ1) is 22.5. The second-order valence-corrected chi connectivity index (χ2v) is 8.66. The van der Waals surface area contributed by atoms with E-state index in [0.29, 0.717) is 31.4 Å². The van der Waals surface area contributed by atoms with Crippen LogP contribution < -0.4 is 10.6 Å². The highest BCUT2D eigenvalue weighted by Crippen LogP contribution is 2.38. The Morgan fingerprint density at radius 1 is 1.12 bits per heavy atom. The number of benzene rings is 2. The van der Waals surface area contributed by atoms with Gasteiger partial charge in [0.25, 0.3) is 0 Å². The molecule has 4 rings (SSSR count). The van der Waals surface area contributed by atoms with Crippen LogP contribution in [0.25, 0.3) is 5.57 Å². The minimum absolute atomic E-state index is 0.220. The van der Waals surface area contributed by atoms with E-state index in [1.165, 1.54) is 0 Å². The molecule has 2 aromatic rings. The fraction of sp³-hybridized carbons (Fsp3) is 0.308. The maximum Gasteiger partial charge on any atom is 0.321 e. The third kappa shape index (κ3) is 4.72. The van der Waals surface area contributed by atoms with Crippen molar-refractivity contribution < 1.29 is 19.2 Å². The van der Waals surface area contributed by atoms with Crippen LogP contribution in [0.1, 0.15) is 41.5 Å². The molecule has 0 saturated carbocycles. The monoisotopic (exact) mass is 445 g/mol. The van der Waals surface area contributed by atoms with Crippen LogP contribution in [-0.4, -0.2) is 36.1 Å². The summed E-state index contributed by atoms with van der Waals surface area (Å²) in [6.45, 7) is 2.38. The van der Waals surface area contributed by atoms with E-state index in [1.807, 2.05) is 49.4 Å². The quantitative estimate of drug-likeness (QED) is 0.543. The Morgan fingerprint density at radius 2 is 1.88 bits per heavy atom. The van der Waals surface area contributed by atoms with Crippen molar-refractivity contribution in [3.63, 3.8) is 0 Å². The molecule has 1 saturated heterocycles. The highest BCUT2D eigenvalue weighted by molar-refractivity contribution is 6.11. The lowest BCUT2D eigenvalue weighted by Gasteiger charge is -2.30. The lowest BCUT2D eigenvalue weighted by molar-refractivity contribution is -0.135. The largest absolute Gasteiger partial charge is 0.323 e. The average molecular weight is 446 g/mol. The Morgan fingerprint density at radius 3 is 2.58 bits per heavy atom. The lowest BCUT2D eigenvalue weighted by Crippen LogP contribution is -2.42. The van der Waals surface area contributed by atoms with Crippen molar-refractivity contribution >= 4 is 35.4 Å². The molecule has 1 fully saturated rings. The predicted octanol–water partition coefficient (Wildman–Crippen LogP) is 3.61. The molecule has 1 unspecified atom stereocenters. The Bertz CT molecular complexity index is 1150. The molecule has 0 aromatic heterocycles. The van der Waals surface area contributed by atoms with E-state index in [4.69, 9.17) is 0 Å². The number of imide groups is 1. The highest BCUT2D eigenvalue weighted by atomic mass is 16.2. The molecule has 33 heavy (non-hydrogen) atoms. The smallest absolute Gasteiger partial charge is 0.321 e.